The minimum Gasteiger partial charge on any atom is -0.460 e. The van der Waals surface area contributed by atoms with Crippen molar-refractivity contribution in [3.8, 4) is 0 Å². The Morgan fingerprint density at radius 3 is 2.79 bits per heavy atom. The molecule has 0 unspecified atom stereocenters. The number of esters is 1. The zero-order valence-electron chi connectivity index (χ0n) is 9.53. The van der Waals surface area contributed by atoms with Gasteiger partial charge in [-0.15, -0.1) is 5.10 Å². The van der Waals surface area contributed by atoms with Crippen molar-refractivity contribution in [1.29, 1.82) is 0 Å². The molecule has 0 saturated carbocycles. The zero-order valence-corrected chi connectivity index (χ0v) is 11.1. The predicted molar refractivity (Wildman–Crippen MR) is 61.6 cm³/mol. The molecule has 0 aliphatic heterocycles. The molecule has 0 saturated heterocycles. The Morgan fingerprint density at radius 2 is 2.21 bits per heavy atom. The fourth-order valence-corrected chi connectivity index (χ4v) is 1.94. The molecule has 0 amide bonds. The van der Waals surface area contributed by atoms with Crippen LogP contribution in [0.2, 0.25) is 0 Å². The summed E-state index contributed by atoms with van der Waals surface area (Å²) in [4.78, 5) is 15.1. The highest BCUT2D eigenvalue weighted by molar-refractivity contribution is 9.10. The lowest BCUT2D eigenvalue weighted by molar-refractivity contribution is -0.138. The van der Waals surface area contributed by atoms with Crippen molar-refractivity contribution in [2.75, 3.05) is 6.61 Å². The van der Waals surface area contributed by atoms with E-state index in [4.69, 9.17) is 0 Å². The second-order valence-corrected chi connectivity index (χ2v) is 4.35. The Hall–Kier alpha value is -1.64. The molecule has 0 aromatic carbocycles. The van der Waals surface area contributed by atoms with Gasteiger partial charge in [0.15, 0.2) is 5.65 Å². The second kappa shape index (κ2) is 4.80. The van der Waals surface area contributed by atoms with E-state index in [1.807, 2.05) is 0 Å². The summed E-state index contributed by atoms with van der Waals surface area (Å²) in [5.74, 6) is -1.07. The Bertz CT molecular complexity index is 639. The first kappa shape index (κ1) is 13.8. The van der Waals surface area contributed by atoms with Crippen LogP contribution < -0.4 is 0 Å². The average Bonchev–Trinajstić information content (AvgIpc) is 2.69. The number of hydrogen-bond acceptors (Lipinski definition) is 4. The van der Waals surface area contributed by atoms with E-state index in [1.54, 1.807) is 6.92 Å². The maximum Gasteiger partial charge on any atom is 0.417 e. The second-order valence-electron chi connectivity index (χ2n) is 3.49. The molecule has 19 heavy (non-hydrogen) atoms. The Kier molecular flexibility index (Phi) is 3.48. The molecule has 0 aliphatic rings. The van der Waals surface area contributed by atoms with Crippen LogP contribution in [0.3, 0.4) is 0 Å². The van der Waals surface area contributed by atoms with E-state index in [-0.39, 0.29) is 22.6 Å². The van der Waals surface area contributed by atoms with Crippen molar-refractivity contribution in [2.24, 2.45) is 0 Å². The van der Waals surface area contributed by atoms with Gasteiger partial charge in [-0.25, -0.2) is 14.3 Å². The van der Waals surface area contributed by atoms with Crippen molar-refractivity contribution in [2.45, 2.75) is 13.1 Å². The fourth-order valence-electron chi connectivity index (χ4n) is 1.40. The van der Waals surface area contributed by atoms with Gasteiger partial charge >= 0.3 is 12.1 Å². The minimum absolute atomic E-state index is 0.0846. The number of fused-ring (bicyclic) bond motifs is 1. The monoisotopic (exact) mass is 337 g/mol. The van der Waals surface area contributed by atoms with Crippen LogP contribution >= 0.6 is 15.9 Å². The third-order valence-corrected chi connectivity index (χ3v) is 2.82. The molecule has 0 aliphatic carbocycles. The van der Waals surface area contributed by atoms with Crippen LogP contribution in [0.1, 0.15) is 23.1 Å². The molecule has 2 rings (SSSR count). The molecule has 5 nitrogen and oxygen atoms in total. The first-order valence-electron chi connectivity index (χ1n) is 5.13. The summed E-state index contributed by atoms with van der Waals surface area (Å²) in [7, 11) is 0. The van der Waals surface area contributed by atoms with Gasteiger partial charge < -0.3 is 4.74 Å². The standard InChI is InChI=1S/C10H7BrF3N3O2/c1-2-19-9(18)8-15-7-3-5(10(12,13)14)6(11)4-17(7)16-8/h3-4H,2H2,1H3. The van der Waals surface area contributed by atoms with Crippen LogP contribution in [0.25, 0.3) is 5.65 Å². The number of pyridine rings is 1. The van der Waals surface area contributed by atoms with Crippen molar-refractivity contribution in [3.63, 3.8) is 0 Å². The number of carbonyl (C=O) groups excluding carboxylic acids is 1. The summed E-state index contributed by atoms with van der Waals surface area (Å²) in [5, 5.41) is 3.75. The summed E-state index contributed by atoms with van der Waals surface area (Å²) in [5.41, 5.74) is -0.971. The van der Waals surface area contributed by atoms with Crippen LogP contribution in [-0.2, 0) is 10.9 Å². The van der Waals surface area contributed by atoms with E-state index in [0.29, 0.717) is 0 Å². The number of rotatable bonds is 2. The van der Waals surface area contributed by atoms with Crippen molar-refractivity contribution in [3.05, 3.63) is 28.1 Å². The molecule has 0 bridgehead atoms. The van der Waals surface area contributed by atoms with Crippen LogP contribution in [0.15, 0.2) is 16.7 Å². The molecule has 2 aromatic rings. The smallest absolute Gasteiger partial charge is 0.417 e. The highest BCUT2D eigenvalue weighted by Crippen LogP contribution is 2.35. The highest BCUT2D eigenvalue weighted by atomic mass is 79.9. The molecule has 2 aromatic heterocycles. The van der Waals surface area contributed by atoms with E-state index < -0.39 is 17.7 Å². The Labute approximate surface area is 113 Å². The topological polar surface area (TPSA) is 56.5 Å². The van der Waals surface area contributed by atoms with Gasteiger partial charge in [0.25, 0.3) is 5.82 Å². The lowest BCUT2D eigenvalue weighted by atomic mass is 10.2. The van der Waals surface area contributed by atoms with Crippen molar-refractivity contribution < 1.29 is 22.7 Å². The molecule has 0 spiro atoms. The maximum atomic E-state index is 12.7. The number of hydrogen-bond donors (Lipinski definition) is 0. The number of aromatic nitrogens is 3. The molecule has 2 heterocycles. The first-order chi connectivity index (χ1) is 8.82. The molecular weight excluding hydrogens is 331 g/mol. The molecule has 0 N–H and O–H groups in total. The van der Waals surface area contributed by atoms with E-state index in [2.05, 4.69) is 30.7 Å². The largest absolute Gasteiger partial charge is 0.460 e. The van der Waals surface area contributed by atoms with E-state index >= 15 is 0 Å². The molecular formula is C10H7BrF3N3O2. The number of alkyl halides is 3. The number of carbonyl (C=O) groups is 1. The fraction of sp³-hybridized carbons (Fsp3) is 0.300. The van der Waals surface area contributed by atoms with Gasteiger partial charge in [0.05, 0.1) is 12.2 Å². The summed E-state index contributed by atoms with van der Waals surface area (Å²) >= 11 is 2.81. The molecule has 0 atom stereocenters. The zero-order chi connectivity index (χ0) is 14.2. The van der Waals surface area contributed by atoms with E-state index in [9.17, 15) is 18.0 Å². The van der Waals surface area contributed by atoms with Crippen LogP contribution in [0.5, 0.6) is 0 Å². The molecule has 9 heteroatoms. The predicted octanol–water partition coefficient (Wildman–Crippen LogP) is 2.69. The van der Waals surface area contributed by atoms with Crippen molar-refractivity contribution in [1.82, 2.24) is 14.6 Å². The van der Waals surface area contributed by atoms with Crippen LogP contribution in [0.4, 0.5) is 13.2 Å². The Morgan fingerprint density at radius 1 is 1.53 bits per heavy atom. The highest BCUT2D eigenvalue weighted by Gasteiger charge is 2.34. The summed E-state index contributed by atoms with van der Waals surface area (Å²) in [6.45, 7) is 1.73. The Balaban J connectivity index is 2.52. The third kappa shape index (κ3) is 2.70. The lowest BCUT2D eigenvalue weighted by Gasteiger charge is -2.08. The van der Waals surface area contributed by atoms with E-state index in [0.717, 1.165) is 16.8 Å². The summed E-state index contributed by atoms with van der Waals surface area (Å²) < 4.78 is 43.6. The number of ether oxygens (including phenoxy) is 1. The molecule has 0 radical (unpaired) electrons. The third-order valence-electron chi connectivity index (χ3n) is 2.19. The first-order valence-corrected chi connectivity index (χ1v) is 5.92. The normalized spacial score (nSPS) is 11.8. The van der Waals surface area contributed by atoms with Gasteiger partial charge in [-0.2, -0.15) is 13.2 Å². The van der Waals surface area contributed by atoms with Crippen molar-refractivity contribution >= 4 is 27.5 Å². The van der Waals surface area contributed by atoms with Gasteiger partial charge in [0, 0.05) is 10.7 Å². The average molecular weight is 338 g/mol. The SMILES string of the molecule is CCOC(=O)c1nc2cc(C(F)(F)F)c(Br)cn2n1. The van der Waals surface area contributed by atoms with Gasteiger partial charge in [-0.3, -0.25) is 0 Å². The van der Waals surface area contributed by atoms with Gasteiger partial charge in [0.1, 0.15) is 0 Å². The summed E-state index contributed by atoms with van der Waals surface area (Å²) in [6.07, 6.45) is -3.43. The van der Waals surface area contributed by atoms with E-state index in [1.165, 1.54) is 0 Å². The lowest BCUT2D eigenvalue weighted by Crippen LogP contribution is -2.07. The maximum absolute atomic E-state index is 12.7. The van der Waals surface area contributed by atoms with Crippen LogP contribution in [0, 0.1) is 0 Å². The molecule has 0 fully saturated rings. The van der Waals surface area contributed by atoms with Gasteiger partial charge in [0.2, 0.25) is 0 Å². The number of halogens is 4. The van der Waals surface area contributed by atoms with Gasteiger partial charge in [-0.05, 0) is 28.9 Å². The molecule has 102 valence electrons. The number of nitrogens with zero attached hydrogens (tertiary/aromatic N) is 3. The minimum atomic E-state index is -4.52. The quantitative estimate of drug-likeness (QED) is 0.790. The summed E-state index contributed by atoms with van der Waals surface area (Å²) in [6, 6.07) is 0.805. The van der Waals surface area contributed by atoms with Gasteiger partial charge in [-0.1, -0.05) is 0 Å². The van der Waals surface area contributed by atoms with Crippen LogP contribution in [-0.4, -0.2) is 27.2 Å².